The van der Waals surface area contributed by atoms with Gasteiger partial charge in [0.1, 0.15) is 5.69 Å². The summed E-state index contributed by atoms with van der Waals surface area (Å²) in [6, 6.07) is 3.69. The Morgan fingerprint density at radius 2 is 2.21 bits per heavy atom. The van der Waals surface area contributed by atoms with E-state index in [0.717, 1.165) is 12.1 Å². The van der Waals surface area contributed by atoms with Gasteiger partial charge in [-0.1, -0.05) is 18.1 Å². The highest BCUT2D eigenvalue weighted by Gasteiger charge is 2.19. The number of likely N-dealkylation sites (N-methyl/N-ethyl adjacent to an activating group) is 1. The first-order chi connectivity index (χ1) is 8.87. The van der Waals surface area contributed by atoms with E-state index in [2.05, 4.69) is 15.0 Å². The van der Waals surface area contributed by atoms with Gasteiger partial charge in [-0.25, -0.2) is 0 Å². The van der Waals surface area contributed by atoms with Crippen molar-refractivity contribution in [3.63, 3.8) is 0 Å². The molecule has 6 nitrogen and oxygen atoms in total. The highest BCUT2D eigenvalue weighted by Crippen LogP contribution is 2.12. The number of rotatable bonds is 6. The molecule has 0 aliphatic rings. The Morgan fingerprint density at radius 3 is 2.74 bits per heavy atom. The number of pyridine rings is 1. The van der Waals surface area contributed by atoms with Gasteiger partial charge in [0, 0.05) is 19.3 Å². The average molecular weight is 266 g/mol. The van der Waals surface area contributed by atoms with Crippen molar-refractivity contribution in [3.05, 3.63) is 29.6 Å². The lowest BCUT2D eigenvalue weighted by molar-refractivity contribution is 0.0353. The van der Waals surface area contributed by atoms with Crippen LogP contribution in [0.3, 0.4) is 0 Å². The van der Waals surface area contributed by atoms with Crippen molar-refractivity contribution in [2.75, 3.05) is 13.1 Å². The van der Waals surface area contributed by atoms with Gasteiger partial charge in [-0.15, -0.1) is 0 Å². The quantitative estimate of drug-likeness (QED) is 0.306. The van der Waals surface area contributed by atoms with Gasteiger partial charge in [0.15, 0.2) is 5.84 Å². The number of amidine groups is 1. The molecule has 0 aliphatic heterocycles. The standard InChI is InChI=1S/C13H22N4O2/c1-4-17(9-13(2,3)18)8-10-6-5-7-15-11(10)12(14)16-19/h5-7,18-19H,4,8-9H2,1-3H3,(H2,14,16). The first-order valence-corrected chi connectivity index (χ1v) is 6.24. The van der Waals surface area contributed by atoms with Crippen molar-refractivity contribution in [1.82, 2.24) is 9.88 Å². The molecule has 6 heteroatoms. The summed E-state index contributed by atoms with van der Waals surface area (Å²) in [5, 5.41) is 21.6. The molecule has 0 radical (unpaired) electrons. The summed E-state index contributed by atoms with van der Waals surface area (Å²) >= 11 is 0. The van der Waals surface area contributed by atoms with Gasteiger partial charge in [0.2, 0.25) is 0 Å². The maximum Gasteiger partial charge on any atom is 0.189 e. The number of nitrogens with two attached hydrogens (primary N) is 1. The molecular formula is C13H22N4O2. The Morgan fingerprint density at radius 1 is 1.53 bits per heavy atom. The van der Waals surface area contributed by atoms with E-state index < -0.39 is 5.60 Å². The molecule has 0 unspecified atom stereocenters. The van der Waals surface area contributed by atoms with Crippen LogP contribution in [0.25, 0.3) is 0 Å². The Hall–Kier alpha value is -1.66. The number of hydrogen-bond acceptors (Lipinski definition) is 5. The first-order valence-electron chi connectivity index (χ1n) is 6.24. The molecule has 4 N–H and O–H groups in total. The van der Waals surface area contributed by atoms with Crippen LogP contribution in [-0.4, -0.2) is 44.7 Å². The van der Waals surface area contributed by atoms with E-state index in [1.165, 1.54) is 0 Å². The predicted molar refractivity (Wildman–Crippen MR) is 74.0 cm³/mol. The van der Waals surface area contributed by atoms with Crippen LogP contribution in [0, 0.1) is 0 Å². The molecule has 0 spiro atoms. The molecule has 0 aromatic carbocycles. The van der Waals surface area contributed by atoms with Crippen molar-refractivity contribution in [2.45, 2.75) is 32.9 Å². The lowest BCUT2D eigenvalue weighted by Crippen LogP contribution is -2.38. The van der Waals surface area contributed by atoms with Crippen LogP contribution in [0.1, 0.15) is 32.0 Å². The Bertz CT molecular complexity index is 441. The fourth-order valence-electron chi connectivity index (χ4n) is 1.91. The maximum atomic E-state index is 9.88. The van der Waals surface area contributed by atoms with Gasteiger partial charge in [-0.3, -0.25) is 9.88 Å². The van der Waals surface area contributed by atoms with Crippen molar-refractivity contribution in [2.24, 2.45) is 10.9 Å². The van der Waals surface area contributed by atoms with Gasteiger partial charge in [0.25, 0.3) is 0 Å². The van der Waals surface area contributed by atoms with Crippen molar-refractivity contribution in [3.8, 4) is 0 Å². The lowest BCUT2D eigenvalue weighted by Gasteiger charge is -2.28. The monoisotopic (exact) mass is 266 g/mol. The van der Waals surface area contributed by atoms with E-state index in [9.17, 15) is 5.11 Å². The first kappa shape index (κ1) is 15.4. The molecule has 0 atom stereocenters. The second-order valence-corrected chi connectivity index (χ2v) is 5.11. The minimum Gasteiger partial charge on any atom is -0.409 e. The maximum absolute atomic E-state index is 9.88. The molecule has 0 amide bonds. The largest absolute Gasteiger partial charge is 0.409 e. The zero-order chi connectivity index (χ0) is 14.5. The molecule has 0 saturated carbocycles. The summed E-state index contributed by atoms with van der Waals surface area (Å²) in [4.78, 5) is 6.20. The fraction of sp³-hybridized carbons (Fsp3) is 0.538. The smallest absolute Gasteiger partial charge is 0.189 e. The molecule has 19 heavy (non-hydrogen) atoms. The summed E-state index contributed by atoms with van der Waals surface area (Å²) in [6.07, 6.45) is 1.60. The van der Waals surface area contributed by atoms with Crippen LogP contribution in [0.2, 0.25) is 0 Å². The summed E-state index contributed by atoms with van der Waals surface area (Å²) < 4.78 is 0. The molecule has 0 saturated heterocycles. The average Bonchev–Trinajstić information content (AvgIpc) is 2.36. The third kappa shape index (κ3) is 4.84. The SMILES string of the molecule is CCN(Cc1cccnc1C(N)=NO)CC(C)(C)O. The molecule has 1 heterocycles. The normalized spacial score (nSPS) is 13.0. The Balaban J connectivity index is 2.92. The van der Waals surface area contributed by atoms with Gasteiger partial charge >= 0.3 is 0 Å². The van der Waals surface area contributed by atoms with E-state index in [1.807, 2.05) is 13.0 Å². The van der Waals surface area contributed by atoms with Gasteiger partial charge in [0.05, 0.1) is 5.60 Å². The molecule has 0 bridgehead atoms. The van der Waals surface area contributed by atoms with Gasteiger partial charge < -0.3 is 16.0 Å². The minimum absolute atomic E-state index is 0.00471. The van der Waals surface area contributed by atoms with Crippen LogP contribution >= 0.6 is 0 Å². The molecule has 1 aromatic heterocycles. The summed E-state index contributed by atoms with van der Waals surface area (Å²) in [6.45, 7) is 7.46. The van der Waals surface area contributed by atoms with Gasteiger partial charge in [-0.05, 0) is 32.0 Å². The van der Waals surface area contributed by atoms with E-state index in [4.69, 9.17) is 10.9 Å². The molecular weight excluding hydrogens is 244 g/mol. The summed E-state index contributed by atoms with van der Waals surface area (Å²) in [7, 11) is 0. The number of nitrogens with zero attached hydrogens (tertiary/aromatic N) is 3. The van der Waals surface area contributed by atoms with Crippen molar-refractivity contribution < 1.29 is 10.3 Å². The van der Waals surface area contributed by atoms with E-state index in [1.54, 1.807) is 26.1 Å². The zero-order valence-electron chi connectivity index (χ0n) is 11.7. The van der Waals surface area contributed by atoms with Crippen molar-refractivity contribution >= 4 is 5.84 Å². The topological polar surface area (TPSA) is 95.0 Å². The Labute approximate surface area is 113 Å². The molecule has 1 aromatic rings. The van der Waals surface area contributed by atoms with Gasteiger partial charge in [-0.2, -0.15) is 0 Å². The number of hydrogen-bond donors (Lipinski definition) is 3. The van der Waals surface area contributed by atoms with Crippen LogP contribution in [0.4, 0.5) is 0 Å². The van der Waals surface area contributed by atoms with E-state index >= 15 is 0 Å². The van der Waals surface area contributed by atoms with E-state index in [0.29, 0.717) is 18.8 Å². The van der Waals surface area contributed by atoms with Crippen LogP contribution in [0.15, 0.2) is 23.5 Å². The van der Waals surface area contributed by atoms with Crippen LogP contribution < -0.4 is 5.73 Å². The third-order valence-electron chi connectivity index (χ3n) is 2.69. The Kier molecular flexibility index (Phi) is 5.26. The second kappa shape index (κ2) is 6.49. The van der Waals surface area contributed by atoms with Crippen molar-refractivity contribution in [1.29, 1.82) is 0 Å². The fourth-order valence-corrected chi connectivity index (χ4v) is 1.91. The highest BCUT2D eigenvalue weighted by molar-refractivity contribution is 5.96. The molecule has 0 aliphatic carbocycles. The predicted octanol–water partition coefficient (Wildman–Crippen LogP) is 0.769. The molecule has 0 fully saturated rings. The zero-order valence-corrected chi connectivity index (χ0v) is 11.7. The second-order valence-electron chi connectivity index (χ2n) is 5.11. The van der Waals surface area contributed by atoms with Crippen LogP contribution in [-0.2, 0) is 6.54 Å². The number of oxime groups is 1. The summed E-state index contributed by atoms with van der Waals surface area (Å²) in [5.41, 5.74) is 6.18. The lowest BCUT2D eigenvalue weighted by atomic mass is 10.1. The molecule has 106 valence electrons. The molecule has 1 rings (SSSR count). The number of aliphatic hydroxyl groups is 1. The van der Waals surface area contributed by atoms with Crippen LogP contribution in [0.5, 0.6) is 0 Å². The van der Waals surface area contributed by atoms with E-state index in [-0.39, 0.29) is 5.84 Å². The highest BCUT2D eigenvalue weighted by atomic mass is 16.4. The number of aromatic nitrogens is 1. The summed E-state index contributed by atoms with van der Waals surface area (Å²) in [5.74, 6) is -0.00471. The minimum atomic E-state index is -0.769. The third-order valence-corrected chi connectivity index (χ3v) is 2.69.